The molecule has 7 heteroatoms. The second-order valence-electron chi connectivity index (χ2n) is 8.30. The number of aromatic nitrogens is 3. The Morgan fingerprint density at radius 3 is 2.91 bits per heavy atom. The molecule has 1 aliphatic heterocycles. The molecule has 3 aromatic rings. The Labute approximate surface area is 194 Å². The van der Waals surface area contributed by atoms with Gasteiger partial charge in [0.25, 0.3) is 0 Å². The SMILES string of the molecule is CN(CCC(=O)N1CCC[C@H]1c1cncc(Cc2cccc(Cl)c2)n1)Cc1ccccn1. The van der Waals surface area contributed by atoms with Gasteiger partial charge >= 0.3 is 0 Å². The summed E-state index contributed by atoms with van der Waals surface area (Å²) in [5.41, 5.74) is 3.86. The van der Waals surface area contributed by atoms with Gasteiger partial charge < -0.3 is 9.80 Å². The number of rotatable bonds is 8. The second kappa shape index (κ2) is 10.7. The van der Waals surface area contributed by atoms with E-state index < -0.39 is 0 Å². The quantitative estimate of drug-likeness (QED) is 0.513. The van der Waals surface area contributed by atoms with Gasteiger partial charge in [0.2, 0.25) is 5.91 Å². The van der Waals surface area contributed by atoms with Crippen molar-refractivity contribution in [2.75, 3.05) is 20.1 Å². The van der Waals surface area contributed by atoms with Crippen LogP contribution in [0.5, 0.6) is 0 Å². The lowest BCUT2D eigenvalue weighted by Gasteiger charge is -2.25. The van der Waals surface area contributed by atoms with Crippen molar-refractivity contribution in [3.63, 3.8) is 0 Å². The highest BCUT2D eigenvalue weighted by molar-refractivity contribution is 6.30. The first-order valence-corrected chi connectivity index (χ1v) is 11.4. The van der Waals surface area contributed by atoms with Gasteiger partial charge in [-0.05, 0) is 49.7 Å². The smallest absolute Gasteiger partial charge is 0.224 e. The molecule has 1 amide bonds. The number of carbonyl (C=O) groups excluding carboxylic acids is 1. The fourth-order valence-corrected chi connectivity index (χ4v) is 4.39. The minimum atomic E-state index is -0.00425. The lowest BCUT2D eigenvalue weighted by atomic mass is 10.1. The lowest BCUT2D eigenvalue weighted by Crippen LogP contribution is -2.33. The van der Waals surface area contributed by atoms with Gasteiger partial charge in [-0.2, -0.15) is 0 Å². The number of halogens is 1. The zero-order chi connectivity index (χ0) is 22.3. The number of nitrogens with zero attached hydrogens (tertiary/aromatic N) is 5. The molecule has 1 saturated heterocycles. The van der Waals surface area contributed by atoms with E-state index in [1.165, 1.54) is 0 Å². The Morgan fingerprint density at radius 1 is 1.19 bits per heavy atom. The highest BCUT2D eigenvalue weighted by Gasteiger charge is 2.31. The van der Waals surface area contributed by atoms with Crippen LogP contribution >= 0.6 is 11.6 Å². The zero-order valence-electron chi connectivity index (χ0n) is 18.3. The summed E-state index contributed by atoms with van der Waals surface area (Å²) in [6.45, 7) is 2.20. The van der Waals surface area contributed by atoms with E-state index in [9.17, 15) is 4.79 Å². The molecule has 166 valence electrons. The third kappa shape index (κ3) is 5.90. The molecule has 3 heterocycles. The maximum Gasteiger partial charge on any atom is 0.224 e. The molecule has 0 radical (unpaired) electrons. The number of benzene rings is 1. The van der Waals surface area contributed by atoms with Crippen molar-refractivity contribution in [1.29, 1.82) is 0 Å². The monoisotopic (exact) mass is 449 g/mol. The van der Waals surface area contributed by atoms with Crippen LogP contribution in [0.2, 0.25) is 5.02 Å². The number of amides is 1. The number of carbonyl (C=O) groups is 1. The van der Waals surface area contributed by atoms with Crippen molar-refractivity contribution in [3.8, 4) is 0 Å². The maximum atomic E-state index is 13.0. The molecule has 4 rings (SSSR count). The third-order valence-electron chi connectivity index (χ3n) is 5.76. The second-order valence-corrected chi connectivity index (χ2v) is 8.73. The minimum absolute atomic E-state index is 0.00425. The van der Waals surface area contributed by atoms with E-state index in [0.29, 0.717) is 24.4 Å². The van der Waals surface area contributed by atoms with Crippen molar-refractivity contribution >= 4 is 17.5 Å². The fourth-order valence-electron chi connectivity index (χ4n) is 4.18. The van der Waals surface area contributed by atoms with Crippen LogP contribution in [0.15, 0.2) is 61.1 Å². The molecule has 1 fully saturated rings. The summed E-state index contributed by atoms with van der Waals surface area (Å²) < 4.78 is 0. The summed E-state index contributed by atoms with van der Waals surface area (Å²) in [4.78, 5) is 30.7. The highest BCUT2D eigenvalue weighted by Crippen LogP contribution is 2.31. The van der Waals surface area contributed by atoms with E-state index in [-0.39, 0.29) is 11.9 Å². The molecular formula is C25H28ClN5O. The molecule has 6 nitrogen and oxygen atoms in total. The molecule has 1 atom stereocenters. The molecule has 0 saturated carbocycles. The van der Waals surface area contributed by atoms with Crippen LogP contribution in [0.25, 0.3) is 0 Å². The van der Waals surface area contributed by atoms with Crippen molar-refractivity contribution in [3.05, 3.63) is 88.7 Å². The Hall–Kier alpha value is -2.83. The zero-order valence-corrected chi connectivity index (χ0v) is 19.1. The summed E-state index contributed by atoms with van der Waals surface area (Å²) in [5.74, 6) is 0.169. The largest absolute Gasteiger partial charge is 0.334 e. The van der Waals surface area contributed by atoms with Crippen LogP contribution in [0.4, 0.5) is 0 Å². The molecule has 2 aromatic heterocycles. The summed E-state index contributed by atoms with van der Waals surface area (Å²) in [5, 5.41) is 0.715. The fraction of sp³-hybridized carbons (Fsp3) is 0.360. The maximum absolute atomic E-state index is 13.0. The van der Waals surface area contributed by atoms with E-state index in [1.54, 1.807) is 18.6 Å². The Morgan fingerprint density at radius 2 is 2.09 bits per heavy atom. The highest BCUT2D eigenvalue weighted by atomic mass is 35.5. The van der Waals surface area contributed by atoms with Crippen LogP contribution in [0.3, 0.4) is 0 Å². The molecule has 0 spiro atoms. The van der Waals surface area contributed by atoms with Crippen LogP contribution in [-0.2, 0) is 17.8 Å². The average molecular weight is 450 g/mol. The Bertz CT molecular complexity index is 1050. The van der Waals surface area contributed by atoms with Crippen LogP contribution in [0, 0.1) is 0 Å². The first kappa shape index (κ1) is 22.4. The Kier molecular flexibility index (Phi) is 7.45. The van der Waals surface area contributed by atoms with Crippen LogP contribution in [0.1, 0.15) is 47.9 Å². The van der Waals surface area contributed by atoms with Gasteiger partial charge in [-0.25, -0.2) is 0 Å². The van der Waals surface area contributed by atoms with Gasteiger partial charge in [-0.1, -0.05) is 29.8 Å². The van der Waals surface area contributed by atoms with Gasteiger partial charge in [0, 0.05) is 49.9 Å². The van der Waals surface area contributed by atoms with E-state index >= 15 is 0 Å². The Balaban J connectivity index is 1.37. The first-order chi connectivity index (χ1) is 15.6. The predicted molar refractivity (Wildman–Crippen MR) is 125 cm³/mol. The standard InChI is InChI=1S/C25H28ClN5O/c1-30(18-21-8-2-3-11-28-21)13-10-25(32)31-12-5-9-24(31)23-17-27-16-22(29-23)15-19-6-4-7-20(26)14-19/h2-4,6-8,11,14,16-17,24H,5,9-10,12-13,15,18H2,1H3/t24-/m0/s1. The summed E-state index contributed by atoms with van der Waals surface area (Å²) in [6.07, 6.45) is 8.44. The predicted octanol–water partition coefficient (Wildman–Crippen LogP) is 4.30. The summed E-state index contributed by atoms with van der Waals surface area (Å²) in [7, 11) is 2.02. The first-order valence-electron chi connectivity index (χ1n) is 11.0. The van der Waals surface area contributed by atoms with Crippen molar-refractivity contribution in [2.24, 2.45) is 0 Å². The molecule has 0 aliphatic carbocycles. The van der Waals surface area contributed by atoms with Crippen molar-refractivity contribution in [2.45, 2.75) is 38.3 Å². The van der Waals surface area contributed by atoms with Crippen molar-refractivity contribution in [1.82, 2.24) is 24.8 Å². The number of hydrogen-bond donors (Lipinski definition) is 0. The lowest BCUT2D eigenvalue weighted by molar-refractivity contribution is -0.132. The number of pyridine rings is 1. The van der Waals surface area contributed by atoms with Gasteiger partial charge in [0.15, 0.2) is 0 Å². The molecule has 1 aliphatic rings. The number of likely N-dealkylation sites (tertiary alicyclic amines) is 1. The van der Waals surface area contributed by atoms with Gasteiger partial charge in [-0.15, -0.1) is 0 Å². The molecule has 1 aromatic carbocycles. The topological polar surface area (TPSA) is 62.2 Å². The van der Waals surface area contributed by atoms with E-state index in [1.807, 2.05) is 54.4 Å². The van der Waals surface area contributed by atoms with Gasteiger partial charge in [0.05, 0.1) is 29.3 Å². The number of hydrogen-bond acceptors (Lipinski definition) is 5. The third-order valence-corrected chi connectivity index (χ3v) is 5.99. The van der Waals surface area contributed by atoms with Crippen LogP contribution in [-0.4, -0.2) is 50.8 Å². The van der Waals surface area contributed by atoms with Gasteiger partial charge in [0.1, 0.15) is 0 Å². The van der Waals surface area contributed by atoms with E-state index in [2.05, 4.69) is 14.9 Å². The average Bonchev–Trinajstić information content (AvgIpc) is 3.29. The molecule has 0 N–H and O–H groups in total. The normalized spacial score (nSPS) is 16.0. The van der Waals surface area contributed by atoms with Crippen LogP contribution < -0.4 is 0 Å². The molecule has 32 heavy (non-hydrogen) atoms. The summed E-state index contributed by atoms with van der Waals surface area (Å²) in [6, 6.07) is 13.7. The molecular weight excluding hydrogens is 422 g/mol. The molecule has 0 bridgehead atoms. The van der Waals surface area contributed by atoms with Gasteiger partial charge in [-0.3, -0.25) is 19.7 Å². The van der Waals surface area contributed by atoms with E-state index in [0.717, 1.165) is 48.6 Å². The molecule has 0 unspecified atom stereocenters. The van der Waals surface area contributed by atoms with Crippen molar-refractivity contribution < 1.29 is 4.79 Å². The van der Waals surface area contributed by atoms with E-state index in [4.69, 9.17) is 16.6 Å². The minimum Gasteiger partial charge on any atom is -0.334 e. The summed E-state index contributed by atoms with van der Waals surface area (Å²) >= 11 is 6.11.